The second-order valence-electron chi connectivity index (χ2n) is 6.62. The van der Waals surface area contributed by atoms with Crippen LogP contribution < -0.4 is 16.4 Å². The first-order valence-electron chi connectivity index (χ1n) is 8.46. The molecule has 1 aliphatic heterocycles. The lowest BCUT2D eigenvalue weighted by atomic mass is 10.1. The molecule has 2 rings (SSSR count). The van der Waals surface area contributed by atoms with Crippen molar-refractivity contribution >= 4 is 23.3 Å². The number of anilines is 1. The number of amides is 2. The van der Waals surface area contributed by atoms with E-state index < -0.39 is 11.0 Å². The van der Waals surface area contributed by atoms with E-state index in [1.807, 2.05) is 13.8 Å². The summed E-state index contributed by atoms with van der Waals surface area (Å²) in [5.74, 6) is 0.0124. The normalized spacial score (nSPS) is 17.8. The number of likely N-dealkylation sites (tertiary alicyclic amines) is 1. The molecule has 1 aromatic rings. The number of carbonyl (C=O) groups is 2. The van der Waals surface area contributed by atoms with Crippen LogP contribution in [0.2, 0.25) is 0 Å². The molecule has 0 spiro atoms. The second-order valence-corrected chi connectivity index (χ2v) is 6.62. The highest BCUT2D eigenvalue weighted by molar-refractivity contribution is 5.87. The van der Waals surface area contributed by atoms with E-state index in [-0.39, 0.29) is 36.0 Å². The lowest BCUT2D eigenvalue weighted by Gasteiger charge is -2.19. The number of nitrogens with zero attached hydrogens (tertiary/aromatic N) is 3. The van der Waals surface area contributed by atoms with Crippen molar-refractivity contribution in [3.05, 3.63) is 28.4 Å². The standard InChI is InChI=1S/C16H24N6O4/c1-10(2)15(17)16(24)19-8-14(23)21-6-5-11(9-21)20-13-4-3-12(7-18-13)22(25)26/h3-4,7,10-11,15H,5-6,8-9,17H2,1-2H3,(H,18,20)(H,19,24)/t11?,15-/m0/s1. The Morgan fingerprint density at radius 1 is 1.46 bits per heavy atom. The quantitative estimate of drug-likeness (QED) is 0.460. The number of nitrogens with two attached hydrogens (primary N) is 1. The van der Waals surface area contributed by atoms with E-state index >= 15 is 0 Å². The molecule has 2 atom stereocenters. The van der Waals surface area contributed by atoms with Gasteiger partial charge >= 0.3 is 0 Å². The molecule has 2 amide bonds. The van der Waals surface area contributed by atoms with E-state index in [4.69, 9.17) is 5.73 Å². The van der Waals surface area contributed by atoms with E-state index in [2.05, 4.69) is 15.6 Å². The molecule has 1 aliphatic rings. The van der Waals surface area contributed by atoms with Gasteiger partial charge in [-0.05, 0) is 18.4 Å². The van der Waals surface area contributed by atoms with Crippen LogP contribution in [0.1, 0.15) is 20.3 Å². The lowest BCUT2D eigenvalue weighted by molar-refractivity contribution is -0.385. The number of aromatic nitrogens is 1. The molecule has 0 aliphatic carbocycles. The van der Waals surface area contributed by atoms with Gasteiger partial charge in [-0.3, -0.25) is 19.7 Å². The van der Waals surface area contributed by atoms with Crippen LogP contribution >= 0.6 is 0 Å². The summed E-state index contributed by atoms with van der Waals surface area (Å²) >= 11 is 0. The molecule has 0 aromatic carbocycles. The summed E-state index contributed by atoms with van der Waals surface area (Å²) in [4.78, 5) is 39.8. The number of rotatable bonds is 7. The Morgan fingerprint density at radius 3 is 2.77 bits per heavy atom. The van der Waals surface area contributed by atoms with Crippen molar-refractivity contribution in [2.45, 2.75) is 32.4 Å². The van der Waals surface area contributed by atoms with Gasteiger partial charge in [0.05, 0.1) is 17.5 Å². The summed E-state index contributed by atoms with van der Waals surface area (Å²) in [7, 11) is 0. The van der Waals surface area contributed by atoms with Crippen LogP contribution in [0.25, 0.3) is 0 Å². The third-order valence-corrected chi connectivity index (χ3v) is 4.29. The van der Waals surface area contributed by atoms with Crippen LogP contribution in [0.4, 0.5) is 11.5 Å². The van der Waals surface area contributed by atoms with E-state index in [0.29, 0.717) is 18.9 Å². The minimum absolute atomic E-state index is 0.000309. The maximum atomic E-state index is 12.2. The maximum absolute atomic E-state index is 12.2. The minimum Gasteiger partial charge on any atom is -0.365 e. The molecular weight excluding hydrogens is 340 g/mol. The molecular formula is C16H24N6O4. The minimum atomic E-state index is -0.635. The topological polar surface area (TPSA) is 143 Å². The monoisotopic (exact) mass is 364 g/mol. The average Bonchev–Trinajstić information content (AvgIpc) is 3.07. The SMILES string of the molecule is CC(C)[C@H](N)C(=O)NCC(=O)N1CCC(Nc2ccc([N+](=O)[O-])cn2)C1. The number of carbonyl (C=O) groups excluding carboxylic acids is 2. The van der Waals surface area contributed by atoms with Crippen LogP contribution in [0.3, 0.4) is 0 Å². The predicted molar refractivity (Wildman–Crippen MR) is 95.3 cm³/mol. The largest absolute Gasteiger partial charge is 0.365 e. The number of nitro groups is 1. The molecule has 4 N–H and O–H groups in total. The van der Waals surface area contributed by atoms with Gasteiger partial charge in [-0.25, -0.2) is 4.98 Å². The molecule has 1 saturated heterocycles. The summed E-state index contributed by atoms with van der Waals surface area (Å²) in [5, 5.41) is 16.4. The zero-order chi connectivity index (χ0) is 19.3. The Bertz CT molecular complexity index is 663. The van der Waals surface area contributed by atoms with Crippen molar-refractivity contribution in [1.29, 1.82) is 0 Å². The third kappa shape index (κ3) is 5.12. The molecule has 2 heterocycles. The van der Waals surface area contributed by atoms with E-state index in [1.165, 1.54) is 18.3 Å². The summed E-state index contributed by atoms with van der Waals surface area (Å²) in [6.45, 7) is 4.64. The first-order chi connectivity index (χ1) is 12.3. The summed E-state index contributed by atoms with van der Waals surface area (Å²) in [5.41, 5.74) is 5.67. The van der Waals surface area contributed by atoms with Crippen molar-refractivity contribution in [2.24, 2.45) is 11.7 Å². The third-order valence-electron chi connectivity index (χ3n) is 4.29. The second kappa shape index (κ2) is 8.56. The van der Waals surface area contributed by atoms with Crippen LogP contribution in [0.15, 0.2) is 18.3 Å². The Balaban J connectivity index is 1.79. The van der Waals surface area contributed by atoms with Gasteiger partial charge in [0.25, 0.3) is 5.69 Å². The molecule has 10 nitrogen and oxygen atoms in total. The summed E-state index contributed by atoms with van der Waals surface area (Å²) in [6.07, 6.45) is 1.91. The highest BCUT2D eigenvalue weighted by Gasteiger charge is 2.27. The van der Waals surface area contributed by atoms with Crippen molar-refractivity contribution in [3.63, 3.8) is 0 Å². The first kappa shape index (κ1) is 19.6. The van der Waals surface area contributed by atoms with Crippen LogP contribution in [0.5, 0.6) is 0 Å². The molecule has 0 saturated carbocycles. The first-order valence-corrected chi connectivity index (χ1v) is 8.46. The van der Waals surface area contributed by atoms with Crippen molar-refractivity contribution < 1.29 is 14.5 Å². The Hall–Kier alpha value is -2.75. The molecule has 0 bridgehead atoms. The van der Waals surface area contributed by atoms with Gasteiger partial charge in [-0.15, -0.1) is 0 Å². The number of nitrogens with one attached hydrogen (secondary N) is 2. The van der Waals surface area contributed by atoms with Gasteiger partial charge < -0.3 is 21.3 Å². The Kier molecular flexibility index (Phi) is 6.45. The van der Waals surface area contributed by atoms with Gasteiger partial charge in [0.1, 0.15) is 12.0 Å². The lowest BCUT2D eigenvalue weighted by Crippen LogP contribution is -2.47. The Morgan fingerprint density at radius 2 is 2.19 bits per heavy atom. The molecule has 1 fully saturated rings. The smallest absolute Gasteiger partial charge is 0.287 e. The predicted octanol–water partition coefficient (Wildman–Crippen LogP) is 0.102. The van der Waals surface area contributed by atoms with Gasteiger partial charge in [0.15, 0.2) is 0 Å². The highest BCUT2D eigenvalue weighted by Crippen LogP contribution is 2.16. The summed E-state index contributed by atoms with van der Waals surface area (Å²) < 4.78 is 0. The van der Waals surface area contributed by atoms with Crippen molar-refractivity contribution in [1.82, 2.24) is 15.2 Å². The zero-order valence-corrected chi connectivity index (χ0v) is 14.8. The van der Waals surface area contributed by atoms with Crippen molar-refractivity contribution in [3.8, 4) is 0 Å². The van der Waals surface area contributed by atoms with Crippen LogP contribution in [-0.4, -0.2) is 58.3 Å². The van der Waals surface area contributed by atoms with Crippen LogP contribution in [-0.2, 0) is 9.59 Å². The molecule has 1 unspecified atom stereocenters. The van der Waals surface area contributed by atoms with Crippen molar-refractivity contribution in [2.75, 3.05) is 25.0 Å². The maximum Gasteiger partial charge on any atom is 0.287 e. The van der Waals surface area contributed by atoms with E-state index in [0.717, 1.165) is 6.42 Å². The van der Waals surface area contributed by atoms with Gasteiger partial charge in [0, 0.05) is 25.2 Å². The van der Waals surface area contributed by atoms with E-state index in [9.17, 15) is 19.7 Å². The fourth-order valence-electron chi connectivity index (χ4n) is 2.59. The van der Waals surface area contributed by atoms with Gasteiger partial charge in [0.2, 0.25) is 11.8 Å². The molecule has 1 aromatic heterocycles. The number of hydrogen-bond acceptors (Lipinski definition) is 7. The summed E-state index contributed by atoms with van der Waals surface area (Å²) in [6, 6.07) is 2.28. The fourth-order valence-corrected chi connectivity index (χ4v) is 2.59. The van der Waals surface area contributed by atoms with Gasteiger partial charge in [-0.1, -0.05) is 13.8 Å². The van der Waals surface area contributed by atoms with E-state index in [1.54, 1.807) is 4.90 Å². The Labute approximate surface area is 151 Å². The zero-order valence-electron chi connectivity index (χ0n) is 14.8. The molecule has 0 radical (unpaired) electrons. The van der Waals surface area contributed by atoms with Gasteiger partial charge in [-0.2, -0.15) is 0 Å². The fraction of sp³-hybridized carbons (Fsp3) is 0.562. The molecule has 10 heteroatoms. The average molecular weight is 364 g/mol. The number of hydrogen-bond donors (Lipinski definition) is 3. The molecule has 26 heavy (non-hydrogen) atoms. The van der Waals surface area contributed by atoms with Crippen LogP contribution in [0, 0.1) is 16.0 Å². The molecule has 142 valence electrons. The highest BCUT2D eigenvalue weighted by atomic mass is 16.6. The number of pyridine rings is 1.